The topological polar surface area (TPSA) is 170 Å². The summed E-state index contributed by atoms with van der Waals surface area (Å²) < 4.78 is 0. The highest BCUT2D eigenvalue weighted by Crippen LogP contribution is 2.52. The van der Waals surface area contributed by atoms with Crippen LogP contribution in [0.5, 0.6) is 5.75 Å². The Balaban J connectivity index is 1.89. The van der Waals surface area contributed by atoms with E-state index in [-0.39, 0.29) is 29.7 Å². The number of carbonyl (C=O) groups excluding carboxylic acids is 3. The van der Waals surface area contributed by atoms with Gasteiger partial charge in [-0.15, -0.1) is 6.58 Å². The molecule has 1 fully saturated rings. The van der Waals surface area contributed by atoms with Crippen molar-refractivity contribution in [1.82, 2.24) is 5.32 Å². The fraction of sp³-hybridized carbons (Fsp3) is 0.400. The predicted octanol–water partition coefficient (Wildman–Crippen LogP) is 1.26. The second-order valence-electron chi connectivity index (χ2n) is 9.08. The van der Waals surface area contributed by atoms with Crippen LogP contribution in [0.1, 0.15) is 42.0 Å². The Morgan fingerprint density at radius 1 is 1.26 bits per heavy atom. The van der Waals surface area contributed by atoms with Gasteiger partial charge in [0.25, 0.3) is 5.91 Å². The second kappa shape index (κ2) is 8.41. The number of phenols is 1. The van der Waals surface area contributed by atoms with Gasteiger partial charge < -0.3 is 31.5 Å². The maximum Gasteiger partial charge on any atom is 0.255 e. The molecule has 1 amide bonds. The van der Waals surface area contributed by atoms with Gasteiger partial charge in [0.2, 0.25) is 5.78 Å². The van der Waals surface area contributed by atoms with Crippen molar-refractivity contribution in [2.75, 3.05) is 6.54 Å². The first-order valence-corrected chi connectivity index (χ1v) is 11.2. The van der Waals surface area contributed by atoms with Gasteiger partial charge >= 0.3 is 0 Å². The zero-order valence-electron chi connectivity index (χ0n) is 18.9. The lowest BCUT2D eigenvalue weighted by molar-refractivity contribution is -0.147. The van der Waals surface area contributed by atoms with Crippen LogP contribution in [0.3, 0.4) is 0 Å². The average Bonchev–Trinajstić information content (AvgIpc) is 2.77. The minimum Gasteiger partial charge on any atom is -0.508 e. The van der Waals surface area contributed by atoms with Crippen molar-refractivity contribution in [2.24, 2.45) is 17.6 Å². The normalized spacial score (nSPS) is 26.2. The van der Waals surface area contributed by atoms with Gasteiger partial charge in [-0.2, -0.15) is 0 Å². The van der Waals surface area contributed by atoms with Crippen LogP contribution in [0.2, 0.25) is 0 Å². The van der Waals surface area contributed by atoms with Crippen LogP contribution in [0, 0.1) is 11.8 Å². The van der Waals surface area contributed by atoms with E-state index in [0.29, 0.717) is 37.1 Å². The van der Waals surface area contributed by atoms with Gasteiger partial charge in [0.1, 0.15) is 22.8 Å². The maximum atomic E-state index is 13.6. The van der Waals surface area contributed by atoms with Gasteiger partial charge in [-0.3, -0.25) is 14.4 Å². The number of Topliss-reactive ketones (excluding diaryl/α,β-unsaturated/α-hetero) is 2. The van der Waals surface area contributed by atoms with Crippen molar-refractivity contribution < 1.29 is 34.8 Å². The summed E-state index contributed by atoms with van der Waals surface area (Å²) in [4.78, 5) is 37.7. The number of hydrogen-bond donors (Lipinski definition) is 6. The molecular formula is C25H28N2O7. The Hall–Kier alpha value is -3.43. The van der Waals surface area contributed by atoms with Crippen LogP contribution >= 0.6 is 0 Å². The van der Waals surface area contributed by atoms with E-state index in [1.807, 2.05) is 13.0 Å². The van der Waals surface area contributed by atoms with Crippen LogP contribution in [0.4, 0.5) is 0 Å². The zero-order valence-corrected chi connectivity index (χ0v) is 18.9. The predicted molar refractivity (Wildman–Crippen MR) is 123 cm³/mol. The minimum absolute atomic E-state index is 0.121. The third-order valence-electron chi connectivity index (χ3n) is 7.22. The van der Waals surface area contributed by atoms with E-state index in [9.17, 15) is 34.8 Å². The van der Waals surface area contributed by atoms with Crippen molar-refractivity contribution in [3.63, 3.8) is 0 Å². The monoisotopic (exact) mass is 468 g/mol. The number of ketones is 2. The van der Waals surface area contributed by atoms with Crippen molar-refractivity contribution in [3.05, 3.63) is 57.9 Å². The third-order valence-corrected chi connectivity index (χ3v) is 7.22. The summed E-state index contributed by atoms with van der Waals surface area (Å²) in [6.07, 6.45) is 2.40. The van der Waals surface area contributed by atoms with Gasteiger partial charge in [0.05, 0.1) is 5.56 Å². The Kier molecular flexibility index (Phi) is 5.87. The summed E-state index contributed by atoms with van der Waals surface area (Å²) in [5.74, 6) is -6.18. The number of carbonyl (C=O) groups is 3. The van der Waals surface area contributed by atoms with Gasteiger partial charge in [-0.05, 0) is 36.3 Å². The van der Waals surface area contributed by atoms with Gasteiger partial charge in [-0.25, -0.2) is 0 Å². The molecule has 1 aromatic carbocycles. The molecule has 0 spiro atoms. The number of primary amides is 1. The molecule has 0 aliphatic heterocycles. The van der Waals surface area contributed by atoms with E-state index in [1.54, 1.807) is 6.08 Å². The number of aromatic hydroxyl groups is 1. The van der Waals surface area contributed by atoms with Crippen molar-refractivity contribution >= 4 is 23.2 Å². The molecule has 180 valence electrons. The molecule has 9 heteroatoms. The quantitative estimate of drug-likeness (QED) is 0.206. The highest BCUT2D eigenvalue weighted by atomic mass is 16.3. The number of phenolic OH excluding ortho intramolecular Hbond substituents is 1. The summed E-state index contributed by atoms with van der Waals surface area (Å²) in [5, 5.41) is 47.3. The number of rotatable bonds is 6. The number of amides is 1. The first-order chi connectivity index (χ1) is 16.1. The summed E-state index contributed by atoms with van der Waals surface area (Å²) in [6.45, 7) is 6.40. The molecule has 3 aliphatic carbocycles. The third kappa shape index (κ3) is 3.26. The van der Waals surface area contributed by atoms with E-state index in [2.05, 4.69) is 11.9 Å². The van der Waals surface area contributed by atoms with Crippen molar-refractivity contribution in [3.8, 4) is 5.75 Å². The second-order valence-corrected chi connectivity index (χ2v) is 9.08. The Morgan fingerprint density at radius 2 is 1.97 bits per heavy atom. The van der Waals surface area contributed by atoms with Crippen LogP contribution in [0.25, 0.3) is 5.76 Å². The van der Waals surface area contributed by atoms with Gasteiger partial charge in [0.15, 0.2) is 11.4 Å². The molecule has 0 aromatic heterocycles. The number of aryl methyl sites for hydroxylation is 1. The Bertz CT molecular complexity index is 1200. The zero-order chi connectivity index (χ0) is 24.9. The molecule has 0 saturated heterocycles. The lowest BCUT2D eigenvalue weighted by Gasteiger charge is -2.46. The standard InChI is InChI=1S/C25H28N2O7/c1-3-5-27-10-13-6-11(4-2)15-8-12-7-14-9-16(28)19(24(26)33)23(32)25(14,34)22(31)17(12)21(30)18(15)20(13)29/h3,6,12,14,27,29-30,32,34H,1,4-5,7-10H2,2H3,(H2,26,33). The Morgan fingerprint density at radius 3 is 2.59 bits per heavy atom. The van der Waals surface area contributed by atoms with Crippen LogP contribution in [-0.2, 0) is 33.8 Å². The number of hydrogen-bond acceptors (Lipinski definition) is 8. The van der Waals surface area contributed by atoms with Crippen LogP contribution in [0.15, 0.2) is 35.6 Å². The van der Waals surface area contributed by atoms with Crippen molar-refractivity contribution in [1.29, 1.82) is 0 Å². The molecule has 1 saturated carbocycles. The molecule has 34 heavy (non-hydrogen) atoms. The number of benzene rings is 1. The molecule has 3 atom stereocenters. The minimum atomic E-state index is -2.55. The molecule has 0 heterocycles. The largest absolute Gasteiger partial charge is 0.508 e. The van der Waals surface area contributed by atoms with E-state index in [1.165, 1.54) is 0 Å². The molecule has 9 nitrogen and oxygen atoms in total. The van der Waals surface area contributed by atoms with E-state index in [4.69, 9.17) is 5.73 Å². The number of nitrogens with two attached hydrogens (primary N) is 1. The smallest absolute Gasteiger partial charge is 0.255 e. The first-order valence-electron chi connectivity index (χ1n) is 11.2. The first kappa shape index (κ1) is 23.7. The fourth-order valence-corrected chi connectivity index (χ4v) is 5.59. The average molecular weight is 469 g/mol. The maximum absolute atomic E-state index is 13.6. The van der Waals surface area contributed by atoms with E-state index < -0.39 is 52.0 Å². The lowest BCUT2D eigenvalue weighted by Crippen LogP contribution is -2.58. The van der Waals surface area contributed by atoms with E-state index in [0.717, 1.165) is 5.56 Å². The van der Waals surface area contributed by atoms with Crippen LogP contribution in [-0.4, -0.2) is 50.0 Å². The number of nitrogens with one attached hydrogen (secondary N) is 1. The highest BCUT2D eigenvalue weighted by Gasteiger charge is 2.60. The molecule has 0 bridgehead atoms. The number of aliphatic hydroxyl groups is 3. The highest BCUT2D eigenvalue weighted by molar-refractivity contribution is 6.22. The van der Waals surface area contributed by atoms with Gasteiger partial charge in [-0.1, -0.05) is 19.1 Å². The summed E-state index contributed by atoms with van der Waals surface area (Å²) >= 11 is 0. The molecule has 1 aromatic rings. The molecule has 3 unspecified atom stereocenters. The molecule has 7 N–H and O–H groups in total. The molecule has 3 aliphatic rings. The van der Waals surface area contributed by atoms with Gasteiger partial charge in [0, 0.05) is 36.6 Å². The summed E-state index contributed by atoms with van der Waals surface area (Å²) in [5.41, 5.74) is 3.99. The van der Waals surface area contributed by atoms with Crippen LogP contribution < -0.4 is 11.1 Å². The summed E-state index contributed by atoms with van der Waals surface area (Å²) in [6, 6.07) is 1.86. The number of aliphatic hydroxyl groups excluding tert-OH is 2. The SMILES string of the molecule is C=CCNCc1cc(CC)c2c(c1O)C(O)=C1C(=O)C3(O)C(O)=C(C(N)=O)C(=O)CC3CC1C2. The van der Waals surface area contributed by atoms with Crippen molar-refractivity contribution in [2.45, 2.75) is 44.8 Å². The number of fused-ring (bicyclic) bond motifs is 3. The molecule has 0 radical (unpaired) electrons. The Labute approximate surface area is 196 Å². The van der Waals surface area contributed by atoms with E-state index >= 15 is 0 Å². The summed E-state index contributed by atoms with van der Waals surface area (Å²) in [7, 11) is 0. The fourth-order valence-electron chi connectivity index (χ4n) is 5.59. The lowest BCUT2D eigenvalue weighted by atomic mass is 9.59. The molecule has 4 rings (SSSR count). The molecular weight excluding hydrogens is 440 g/mol.